The minimum Gasteiger partial charge on any atom is -0.240 e. The van der Waals surface area contributed by atoms with Crippen molar-refractivity contribution >= 4 is 11.8 Å². The average molecular weight is 401 g/mol. The number of hydrogen-bond donors (Lipinski definition) is 0. The van der Waals surface area contributed by atoms with Gasteiger partial charge in [-0.3, -0.25) is 0 Å². The van der Waals surface area contributed by atoms with E-state index in [0.29, 0.717) is 5.56 Å². The van der Waals surface area contributed by atoms with E-state index in [1.54, 1.807) is 11.8 Å². The molecule has 0 saturated heterocycles. The van der Waals surface area contributed by atoms with Crippen LogP contribution in [0, 0.1) is 11.3 Å². The second-order valence-corrected chi connectivity index (χ2v) is 8.28. The van der Waals surface area contributed by atoms with Gasteiger partial charge >= 0.3 is 0 Å². The Morgan fingerprint density at radius 2 is 1.45 bits per heavy atom. The highest BCUT2D eigenvalue weighted by Gasteiger charge is 2.15. The zero-order valence-corrected chi connectivity index (χ0v) is 17.9. The molecule has 0 aliphatic heterocycles. The maximum absolute atomic E-state index is 9.92. The predicted octanol–water partition coefficient (Wildman–Crippen LogP) is 7.74. The molecule has 0 bridgehead atoms. The van der Waals surface area contributed by atoms with Gasteiger partial charge in [0.15, 0.2) is 0 Å². The molecule has 2 aromatic carbocycles. The van der Waals surface area contributed by atoms with E-state index in [1.165, 1.54) is 32.1 Å². The molecule has 0 aliphatic carbocycles. The maximum Gasteiger partial charge on any atom is 0.115 e. The number of hydrogen-bond acceptors (Lipinski definition) is 3. The molecule has 148 valence electrons. The van der Waals surface area contributed by atoms with Gasteiger partial charge in [-0.05, 0) is 23.8 Å². The molecule has 0 atom stereocenters. The highest BCUT2D eigenvalue weighted by molar-refractivity contribution is 7.99. The summed E-state index contributed by atoms with van der Waals surface area (Å²) in [5.41, 5.74) is 4.72. The number of nitriles is 1. The molecule has 2 nitrogen and oxygen atoms in total. The molecule has 1 heterocycles. The number of benzene rings is 2. The average Bonchev–Trinajstić information content (AvgIpc) is 2.79. The lowest BCUT2D eigenvalue weighted by Gasteiger charge is -2.12. The summed E-state index contributed by atoms with van der Waals surface area (Å²) in [6.45, 7) is 2.25. The fourth-order valence-corrected chi connectivity index (χ4v) is 4.39. The summed E-state index contributed by atoms with van der Waals surface area (Å²) < 4.78 is 0. The molecule has 0 aliphatic rings. The summed E-state index contributed by atoms with van der Waals surface area (Å²) in [5.74, 6) is 1.00. The Morgan fingerprint density at radius 1 is 0.828 bits per heavy atom. The topological polar surface area (TPSA) is 36.7 Å². The van der Waals surface area contributed by atoms with Gasteiger partial charge in [0.25, 0.3) is 0 Å². The highest BCUT2D eigenvalue weighted by Crippen LogP contribution is 2.34. The van der Waals surface area contributed by atoms with E-state index < -0.39 is 0 Å². The second-order valence-electron chi connectivity index (χ2n) is 7.20. The van der Waals surface area contributed by atoms with Crippen LogP contribution in [0.3, 0.4) is 0 Å². The van der Waals surface area contributed by atoms with Gasteiger partial charge in [-0.25, -0.2) is 4.98 Å². The van der Waals surface area contributed by atoms with Crippen LogP contribution >= 0.6 is 11.8 Å². The molecule has 0 unspecified atom stereocenters. The van der Waals surface area contributed by atoms with Crippen LogP contribution in [0.1, 0.15) is 51.0 Å². The van der Waals surface area contributed by atoms with Gasteiger partial charge in [0.1, 0.15) is 11.1 Å². The third-order valence-electron chi connectivity index (χ3n) is 4.99. The summed E-state index contributed by atoms with van der Waals surface area (Å²) in [6, 6.07) is 24.9. The first-order valence-corrected chi connectivity index (χ1v) is 11.5. The lowest BCUT2D eigenvalue weighted by atomic mass is 9.99. The standard InChI is InChI=1S/C26H28N2S/c1-2-3-4-5-6-13-18-29-26-24(20-27)23(21-14-9-7-10-15-21)19-25(28-26)22-16-11-8-12-17-22/h7-12,14-17,19H,2-6,13,18H2,1H3. The van der Waals surface area contributed by atoms with E-state index in [9.17, 15) is 5.26 Å². The first-order valence-electron chi connectivity index (χ1n) is 10.5. The van der Waals surface area contributed by atoms with Crippen molar-refractivity contribution in [2.45, 2.75) is 50.5 Å². The van der Waals surface area contributed by atoms with Gasteiger partial charge in [0.05, 0.1) is 11.3 Å². The second kappa shape index (κ2) is 11.4. The van der Waals surface area contributed by atoms with Crippen molar-refractivity contribution in [2.75, 3.05) is 5.75 Å². The first-order chi connectivity index (χ1) is 14.3. The summed E-state index contributed by atoms with van der Waals surface area (Å²) >= 11 is 1.72. The molecular formula is C26H28N2S. The molecule has 0 radical (unpaired) electrons. The van der Waals surface area contributed by atoms with Crippen LogP contribution in [0.4, 0.5) is 0 Å². The highest BCUT2D eigenvalue weighted by atomic mass is 32.2. The van der Waals surface area contributed by atoms with Gasteiger partial charge in [0, 0.05) is 11.1 Å². The van der Waals surface area contributed by atoms with Crippen LogP contribution in [-0.2, 0) is 0 Å². The van der Waals surface area contributed by atoms with Crippen LogP contribution in [0.25, 0.3) is 22.4 Å². The Morgan fingerprint density at radius 3 is 2.10 bits per heavy atom. The van der Waals surface area contributed by atoms with Crippen LogP contribution in [0.15, 0.2) is 71.8 Å². The van der Waals surface area contributed by atoms with Gasteiger partial charge < -0.3 is 0 Å². The Labute approximate surface area is 179 Å². The summed E-state index contributed by atoms with van der Waals surface area (Å²) in [5, 5.41) is 10.8. The van der Waals surface area contributed by atoms with Crippen molar-refractivity contribution in [3.63, 3.8) is 0 Å². The molecule has 0 amide bonds. The molecule has 3 aromatic rings. The Hall–Kier alpha value is -2.57. The Kier molecular flexibility index (Phi) is 8.34. The monoisotopic (exact) mass is 400 g/mol. The van der Waals surface area contributed by atoms with Crippen LogP contribution < -0.4 is 0 Å². The lowest BCUT2D eigenvalue weighted by Crippen LogP contribution is -1.96. The smallest absolute Gasteiger partial charge is 0.115 e. The largest absolute Gasteiger partial charge is 0.240 e. The molecule has 0 saturated carbocycles. The van der Waals surface area contributed by atoms with Crippen molar-refractivity contribution in [3.05, 3.63) is 72.3 Å². The van der Waals surface area contributed by atoms with E-state index in [4.69, 9.17) is 4.98 Å². The van der Waals surface area contributed by atoms with E-state index >= 15 is 0 Å². The van der Waals surface area contributed by atoms with Crippen molar-refractivity contribution < 1.29 is 0 Å². The molecule has 3 heteroatoms. The SMILES string of the molecule is CCCCCCCCSc1nc(-c2ccccc2)cc(-c2ccccc2)c1C#N. The molecule has 0 N–H and O–H groups in total. The minimum atomic E-state index is 0.687. The molecule has 0 spiro atoms. The third kappa shape index (κ3) is 5.95. The van der Waals surface area contributed by atoms with Gasteiger partial charge in [-0.15, -0.1) is 11.8 Å². The van der Waals surface area contributed by atoms with Crippen molar-refractivity contribution in [1.82, 2.24) is 4.98 Å². The maximum atomic E-state index is 9.92. The molecule has 29 heavy (non-hydrogen) atoms. The Balaban J connectivity index is 1.87. The number of pyridine rings is 1. The van der Waals surface area contributed by atoms with Crippen LogP contribution in [-0.4, -0.2) is 10.7 Å². The van der Waals surface area contributed by atoms with Crippen molar-refractivity contribution in [3.8, 4) is 28.5 Å². The van der Waals surface area contributed by atoms with Gasteiger partial charge in [0.2, 0.25) is 0 Å². The zero-order chi connectivity index (χ0) is 20.3. The van der Waals surface area contributed by atoms with E-state index in [-0.39, 0.29) is 0 Å². The molecular weight excluding hydrogens is 372 g/mol. The Bertz CT molecular complexity index is 930. The summed E-state index contributed by atoms with van der Waals surface area (Å²) in [4.78, 5) is 4.89. The van der Waals surface area contributed by atoms with E-state index in [1.807, 2.05) is 36.4 Å². The minimum absolute atomic E-state index is 0.687. The molecule has 0 fully saturated rings. The predicted molar refractivity (Wildman–Crippen MR) is 124 cm³/mol. The van der Waals surface area contributed by atoms with Crippen molar-refractivity contribution in [1.29, 1.82) is 5.26 Å². The number of rotatable bonds is 10. The van der Waals surface area contributed by atoms with E-state index in [2.05, 4.69) is 43.3 Å². The lowest BCUT2D eigenvalue weighted by molar-refractivity contribution is 0.627. The number of aromatic nitrogens is 1. The van der Waals surface area contributed by atoms with Crippen LogP contribution in [0.2, 0.25) is 0 Å². The number of thioether (sulfide) groups is 1. The van der Waals surface area contributed by atoms with Crippen LogP contribution in [0.5, 0.6) is 0 Å². The van der Waals surface area contributed by atoms with Crippen molar-refractivity contribution in [2.24, 2.45) is 0 Å². The fourth-order valence-electron chi connectivity index (χ4n) is 3.39. The van der Waals surface area contributed by atoms with Gasteiger partial charge in [-0.2, -0.15) is 5.26 Å². The zero-order valence-electron chi connectivity index (χ0n) is 17.1. The number of nitrogens with zero attached hydrogens (tertiary/aromatic N) is 2. The van der Waals surface area contributed by atoms with Gasteiger partial charge in [-0.1, -0.05) is 99.7 Å². The summed E-state index contributed by atoms with van der Waals surface area (Å²) in [6.07, 6.45) is 7.64. The number of unbranched alkanes of at least 4 members (excludes halogenated alkanes) is 5. The summed E-state index contributed by atoms with van der Waals surface area (Å²) in [7, 11) is 0. The van der Waals surface area contributed by atoms with E-state index in [0.717, 1.165) is 39.6 Å². The first kappa shape index (κ1) is 21.1. The third-order valence-corrected chi connectivity index (χ3v) is 6.05. The normalized spacial score (nSPS) is 10.6. The quantitative estimate of drug-likeness (QED) is 0.258. The molecule has 3 rings (SSSR count). The fraction of sp³-hybridized carbons (Fsp3) is 0.308. The molecule has 1 aromatic heterocycles.